The highest BCUT2D eigenvalue weighted by Crippen LogP contribution is 2.38. The molecule has 1 aliphatic heterocycles. The first kappa shape index (κ1) is 17.0. The maximum absolute atomic E-state index is 12.7. The van der Waals surface area contributed by atoms with Crippen molar-refractivity contribution in [3.05, 3.63) is 63.2 Å². The number of ether oxygens (including phenoxy) is 1. The molecule has 0 atom stereocenters. The van der Waals surface area contributed by atoms with E-state index >= 15 is 0 Å². The summed E-state index contributed by atoms with van der Waals surface area (Å²) in [6.07, 6.45) is 0. The molecule has 0 saturated carbocycles. The summed E-state index contributed by atoms with van der Waals surface area (Å²) in [7, 11) is 1.56. The normalized spacial score (nSPS) is 14.8. The number of hydrogen-bond donors (Lipinski definition) is 0. The van der Waals surface area contributed by atoms with Gasteiger partial charge in [0.1, 0.15) is 0 Å². The highest BCUT2D eigenvalue weighted by molar-refractivity contribution is 8.03. The SMILES string of the molecule is COCCN1C(=O)C(SCc2ccccc2)=C(c2cccs2)C1=O. The zero-order chi connectivity index (χ0) is 16.9. The van der Waals surface area contributed by atoms with E-state index in [0.717, 1.165) is 10.4 Å². The summed E-state index contributed by atoms with van der Waals surface area (Å²) >= 11 is 2.90. The molecule has 0 radical (unpaired) electrons. The Morgan fingerprint density at radius 2 is 1.88 bits per heavy atom. The van der Waals surface area contributed by atoms with Gasteiger partial charge in [-0.15, -0.1) is 23.1 Å². The van der Waals surface area contributed by atoms with Crippen molar-refractivity contribution in [2.75, 3.05) is 20.3 Å². The highest BCUT2D eigenvalue weighted by atomic mass is 32.2. The maximum atomic E-state index is 12.7. The van der Waals surface area contributed by atoms with Crippen molar-refractivity contribution >= 4 is 40.5 Å². The number of imide groups is 1. The molecule has 2 heterocycles. The molecule has 6 heteroatoms. The van der Waals surface area contributed by atoms with Gasteiger partial charge in [-0.3, -0.25) is 14.5 Å². The number of amides is 2. The second-order valence-electron chi connectivity index (χ2n) is 5.21. The van der Waals surface area contributed by atoms with Crippen molar-refractivity contribution in [1.82, 2.24) is 4.90 Å². The van der Waals surface area contributed by atoms with Crippen LogP contribution in [0.1, 0.15) is 10.4 Å². The summed E-state index contributed by atoms with van der Waals surface area (Å²) in [6.45, 7) is 0.615. The predicted molar refractivity (Wildman–Crippen MR) is 97.6 cm³/mol. The number of carbonyl (C=O) groups is 2. The Morgan fingerprint density at radius 3 is 2.54 bits per heavy atom. The monoisotopic (exact) mass is 359 g/mol. The third kappa shape index (κ3) is 3.45. The number of hydrogen-bond acceptors (Lipinski definition) is 5. The number of thiophene rings is 1. The number of benzene rings is 1. The lowest BCUT2D eigenvalue weighted by atomic mass is 10.2. The zero-order valence-corrected chi connectivity index (χ0v) is 14.9. The first-order valence-electron chi connectivity index (χ1n) is 7.52. The average molecular weight is 359 g/mol. The molecule has 1 aromatic heterocycles. The van der Waals surface area contributed by atoms with E-state index in [2.05, 4.69) is 0 Å². The van der Waals surface area contributed by atoms with Crippen LogP contribution in [-0.4, -0.2) is 37.0 Å². The van der Waals surface area contributed by atoms with E-state index in [1.807, 2.05) is 47.8 Å². The molecule has 3 rings (SSSR count). The molecule has 0 saturated heterocycles. The van der Waals surface area contributed by atoms with Crippen molar-refractivity contribution in [3.63, 3.8) is 0 Å². The summed E-state index contributed by atoms with van der Waals surface area (Å²) in [4.78, 5) is 28.1. The van der Waals surface area contributed by atoms with Gasteiger partial charge < -0.3 is 4.74 Å². The van der Waals surface area contributed by atoms with Gasteiger partial charge in [0.05, 0.1) is 23.6 Å². The topological polar surface area (TPSA) is 46.6 Å². The lowest BCUT2D eigenvalue weighted by Gasteiger charge is -2.13. The molecule has 0 bridgehead atoms. The molecule has 0 fully saturated rings. The standard InChI is InChI=1S/C18H17NO3S2/c1-22-10-9-19-17(20)15(14-8-5-11-23-14)16(18(19)21)24-12-13-6-3-2-4-7-13/h2-8,11H,9-10,12H2,1H3. The average Bonchev–Trinajstić information content (AvgIpc) is 3.20. The molecular weight excluding hydrogens is 342 g/mol. The fourth-order valence-corrected chi connectivity index (χ4v) is 4.35. The number of rotatable bonds is 7. The molecule has 2 amide bonds. The minimum atomic E-state index is -0.227. The number of carbonyl (C=O) groups excluding carboxylic acids is 2. The molecule has 0 aliphatic carbocycles. The molecule has 124 valence electrons. The smallest absolute Gasteiger partial charge is 0.268 e. The van der Waals surface area contributed by atoms with Crippen molar-refractivity contribution in [2.45, 2.75) is 5.75 Å². The fourth-order valence-electron chi connectivity index (χ4n) is 2.44. The molecule has 24 heavy (non-hydrogen) atoms. The second kappa shape index (κ2) is 7.79. The van der Waals surface area contributed by atoms with E-state index in [4.69, 9.17) is 4.74 Å². The molecule has 1 aromatic carbocycles. The van der Waals surface area contributed by atoms with Crippen LogP contribution in [0.5, 0.6) is 0 Å². The van der Waals surface area contributed by atoms with Crippen molar-refractivity contribution in [1.29, 1.82) is 0 Å². The van der Waals surface area contributed by atoms with Gasteiger partial charge in [-0.05, 0) is 17.0 Å². The number of thioether (sulfide) groups is 1. The molecule has 0 spiro atoms. The Labute approximate surface area is 149 Å². The van der Waals surface area contributed by atoms with Crippen LogP contribution in [-0.2, 0) is 20.1 Å². The molecular formula is C18H17NO3S2. The van der Waals surface area contributed by atoms with Gasteiger partial charge in [-0.25, -0.2) is 0 Å². The van der Waals surface area contributed by atoms with E-state index in [9.17, 15) is 9.59 Å². The van der Waals surface area contributed by atoms with E-state index in [0.29, 0.717) is 22.8 Å². The van der Waals surface area contributed by atoms with Crippen LogP contribution in [0.4, 0.5) is 0 Å². The Balaban J connectivity index is 1.88. The molecule has 0 unspecified atom stereocenters. The molecule has 4 nitrogen and oxygen atoms in total. The van der Waals surface area contributed by atoms with E-state index < -0.39 is 0 Å². The van der Waals surface area contributed by atoms with Gasteiger partial charge >= 0.3 is 0 Å². The van der Waals surface area contributed by atoms with Crippen LogP contribution < -0.4 is 0 Å². The maximum Gasteiger partial charge on any atom is 0.268 e. The fraction of sp³-hybridized carbons (Fsp3) is 0.222. The first-order chi connectivity index (χ1) is 11.7. The van der Waals surface area contributed by atoms with Gasteiger partial charge in [-0.1, -0.05) is 36.4 Å². The molecule has 0 N–H and O–H groups in total. The lowest BCUT2D eigenvalue weighted by Crippen LogP contribution is -2.34. The quantitative estimate of drug-likeness (QED) is 0.711. The van der Waals surface area contributed by atoms with E-state index in [-0.39, 0.29) is 18.4 Å². The molecule has 1 aliphatic rings. The second-order valence-corrected chi connectivity index (χ2v) is 7.14. The summed E-state index contributed by atoms with van der Waals surface area (Å²) in [5.74, 6) is 0.207. The van der Waals surface area contributed by atoms with Crippen LogP contribution in [0.2, 0.25) is 0 Å². The third-order valence-corrected chi connectivity index (χ3v) is 5.67. The van der Waals surface area contributed by atoms with Crippen LogP contribution in [0, 0.1) is 0 Å². The Bertz CT molecular complexity index is 754. The predicted octanol–water partition coefficient (Wildman–Crippen LogP) is 3.41. The zero-order valence-electron chi connectivity index (χ0n) is 13.2. The van der Waals surface area contributed by atoms with Gasteiger partial charge in [0, 0.05) is 17.7 Å². The van der Waals surface area contributed by atoms with Gasteiger partial charge in [0.2, 0.25) is 0 Å². The summed E-state index contributed by atoms with van der Waals surface area (Å²) in [6, 6.07) is 13.7. The Kier molecular flexibility index (Phi) is 5.50. The van der Waals surface area contributed by atoms with Crippen molar-refractivity contribution in [3.8, 4) is 0 Å². The number of methoxy groups -OCH3 is 1. The largest absolute Gasteiger partial charge is 0.383 e. The van der Waals surface area contributed by atoms with Gasteiger partial charge in [0.25, 0.3) is 11.8 Å². The Hall–Kier alpha value is -1.89. The van der Waals surface area contributed by atoms with Gasteiger partial charge in [-0.2, -0.15) is 0 Å². The van der Waals surface area contributed by atoms with E-state index in [1.165, 1.54) is 28.0 Å². The van der Waals surface area contributed by atoms with Crippen molar-refractivity contribution < 1.29 is 14.3 Å². The van der Waals surface area contributed by atoms with Crippen LogP contribution in [0.3, 0.4) is 0 Å². The van der Waals surface area contributed by atoms with Crippen molar-refractivity contribution in [2.24, 2.45) is 0 Å². The number of nitrogens with zero attached hydrogens (tertiary/aromatic N) is 1. The van der Waals surface area contributed by atoms with Crippen LogP contribution >= 0.6 is 23.1 Å². The minimum Gasteiger partial charge on any atom is -0.383 e. The molecule has 2 aromatic rings. The van der Waals surface area contributed by atoms with Crippen LogP contribution in [0.15, 0.2) is 52.7 Å². The summed E-state index contributed by atoms with van der Waals surface area (Å²) in [5, 5.41) is 1.91. The highest BCUT2D eigenvalue weighted by Gasteiger charge is 2.39. The van der Waals surface area contributed by atoms with Gasteiger partial charge in [0.15, 0.2) is 0 Å². The first-order valence-corrected chi connectivity index (χ1v) is 9.39. The lowest BCUT2D eigenvalue weighted by molar-refractivity contribution is -0.137. The third-order valence-electron chi connectivity index (χ3n) is 3.64. The summed E-state index contributed by atoms with van der Waals surface area (Å²) in [5.41, 5.74) is 1.64. The Morgan fingerprint density at radius 1 is 1.08 bits per heavy atom. The van der Waals surface area contributed by atoms with E-state index in [1.54, 1.807) is 7.11 Å². The summed E-state index contributed by atoms with van der Waals surface area (Å²) < 4.78 is 5.02. The van der Waals surface area contributed by atoms with Crippen LogP contribution in [0.25, 0.3) is 5.57 Å². The minimum absolute atomic E-state index is 0.221.